The minimum atomic E-state index is -3.46. The van der Waals surface area contributed by atoms with E-state index in [-0.39, 0.29) is 11.9 Å². The molecule has 0 bridgehead atoms. The number of benzene rings is 2. The monoisotopic (exact) mass is 476 g/mol. The molecule has 0 spiro atoms. The summed E-state index contributed by atoms with van der Waals surface area (Å²) in [4.78, 5) is 14.6. The number of nitrogens with zero attached hydrogens (tertiary/aromatic N) is 1. The number of carbonyl (C=O) groups is 1. The van der Waals surface area contributed by atoms with Gasteiger partial charge in [0.1, 0.15) is 5.75 Å². The zero-order chi connectivity index (χ0) is 23.3. The van der Waals surface area contributed by atoms with Crippen molar-refractivity contribution in [2.75, 3.05) is 20.2 Å². The summed E-state index contributed by atoms with van der Waals surface area (Å²) >= 11 is 6.51. The Morgan fingerprint density at radius 1 is 1.28 bits per heavy atom. The van der Waals surface area contributed by atoms with E-state index < -0.39 is 10.0 Å². The van der Waals surface area contributed by atoms with Crippen molar-refractivity contribution in [2.24, 2.45) is 0 Å². The number of amides is 1. The van der Waals surface area contributed by atoms with E-state index >= 15 is 0 Å². The summed E-state index contributed by atoms with van der Waals surface area (Å²) in [6.45, 7) is 6.39. The van der Waals surface area contributed by atoms with Gasteiger partial charge in [0, 0.05) is 36.5 Å². The van der Waals surface area contributed by atoms with Crippen molar-refractivity contribution in [2.45, 2.75) is 38.6 Å². The van der Waals surface area contributed by atoms with Crippen molar-refractivity contribution in [1.82, 2.24) is 9.62 Å². The molecule has 6 nitrogen and oxygen atoms in total. The largest absolute Gasteiger partial charge is 0.496 e. The number of rotatable bonds is 8. The van der Waals surface area contributed by atoms with Crippen molar-refractivity contribution >= 4 is 27.5 Å². The highest BCUT2D eigenvalue weighted by molar-refractivity contribution is 7.92. The lowest BCUT2D eigenvalue weighted by atomic mass is 9.98. The lowest BCUT2D eigenvalue weighted by Gasteiger charge is -2.32. The number of methoxy groups -OCH3 is 1. The Hall–Kier alpha value is -2.35. The molecule has 1 heterocycles. The fourth-order valence-corrected chi connectivity index (χ4v) is 5.01. The molecule has 0 aromatic heterocycles. The molecule has 2 aromatic rings. The Labute approximate surface area is 195 Å². The number of hydrogen-bond acceptors (Lipinski definition) is 4. The van der Waals surface area contributed by atoms with Gasteiger partial charge in [-0.1, -0.05) is 48.0 Å². The molecule has 0 atom stereocenters. The predicted molar refractivity (Wildman–Crippen MR) is 128 cm³/mol. The Bertz CT molecular complexity index is 1090. The van der Waals surface area contributed by atoms with Crippen molar-refractivity contribution in [3.63, 3.8) is 0 Å². The summed E-state index contributed by atoms with van der Waals surface area (Å²) in [6.07, 6.45) is 2.04. The predicted octanol–water partition coefficient (Wildman–Crippen LogP) is 4.31. The third-order valence-electron chi connectivity index (χ3n) is 5.71. The van der Waals surface area contributed by atoms with Crippen LogP contribution in [0.5, 0.6) is 5.75 Å². The van der Waals surface area contributed by atoms with E-state index in [2.05, 4.69) is 17.4 Å². The molecule has 32 heavy (non-hydrogen) atoms. The Morgan fingerprint density at radius 2 is 2.00 bits per heavy atom. The van der Waals surface area contributed by atoms with Crippen molar-refractivity contribution < 1.29 is 17.9 Å². The molecule has 0 aliphatic carbocycles. The van der Waals surface area contributed by atoms with Crippen LogP contribution in [0.25, 0.3) is 11.1 Å². The van der Waals surface area contributed by atoms with Gasteiger partial charge in [-0.2, -0.15) is 0 Å². The number of carbonyl (C=O) groups excluding carboxylic acids is 1. The molecule has 2 aromatic carbocycles. The number of piperidine rings is 1. The summed E-state index contributed by atoms with van der Waals surface area (Å²) in [5.41, 5.74) is 4.00. The van der Waals surface area contributed by atoms with Crippen molar-refractivity contribution in [1.29, 1.82) is 0 Å². The second-order valence-electron chi connectivity index (χ2n) is 8.00. The van der Waals surface area contributed by atoms with Gasteiger partial charge in [0.15, 0.2) is 0 Å². The molecule has 172 valence electrons. The van der Waals surface area contributed by atoms with Gasteiger partial charge in [-0.3, -0.25) is 4.79 Å². The number of nitrogens with one attached hydrogen (secondary N) is 1. The molecule has 8 heteroatoms. The highest BCUT2D eigenvalue weighted by Crippen LogP contribution is 2.35. The fraction of sp³-hybridized carbons (Fsp3) is 0.375. The molecule has 0 radical (unpaired) electrons. The maximum Gasteiger partial charge on any atom is 0.233 e. The van der Waals surface area contributed by atoms with Gasteiger partial charge in [0.2, 0.25) is 15.9 Å². The van der Waals surface area contributed by atoms with Crippen LogP contribution >= 0.6 is 11.6 Å². The van der Waals surface area contributed by atoms with Crippen molar-refractivity contribution in [3.8, 4) is 16.9 Å². The molecule has 1 aliphatic rings. The first-order valence-electron chi connectivity index (χ1n) is 10.6. The summed E-state index contributed by atoms with van der Waals surface area (Å²) in [7, 11) is -1.86. The van der Waals surface area contributed by atoms with Gasteiger partial charge in [-0.15, -0.1) is 0 Å². The maximum atomic E-state index is 12.8. The summed E-state index contributed by atoms with van der Waals surface area (Å²) < 4.78 is 31.4. The number of ether oxygens (including phenoxy) is 1. The Balaban J connectivity index is 1.65. The average molecular weight is 477 g/mol. The maximum absolute atomic E-state index is 12.8. The number of aryl methyl sites for hydroxylation is 2. The summed E-state index contributed by atoms with van der Waals surface area (Å²) in [5.74, 6) is 0.709. The summed E-state index contributed by atoms with van der Waals surface area (Å²) in [5, 5.41) is 1.52. The fourth-order valence-electron chi connectivity index (χ4n) is 3.95. The van der Waals surface area contributed by atoms with Crippen LogP contribution in [-0.2, 0) is 21.2 Å². The van der Waals surface area contributed by atoms with Crippen LogP contribution in [0.2, 0.25) is 5.02 Å². The van der Waals surface area contributed by atoms with E-state index in [9.17, 15) is 13.2 Å². The van der Waals surface area contributed by atoms with Crippen LogP contribution in [0.4, 0.5) is 0 Å². The zero-order valence-corrected chi connectivity index (χ0v) is 20.0. The smallest absolute Gasteiger partial charge is 0.233 e. The van der Waals surface area contributed by atoms with Gasteiger partial charge < -0.3 is 9.64 Å². The normalized spacial score (nSPS) is 14.9. The molecule has 1 aliphatic heterocycles. The first-order chi connectivity index (χ1) is 15.2. The van der Waals surface area contributed by atoms with Crippen LogP contribution in [0, 0.1) is 6.92 Å². The van der Waals surface area contributed by atoms with Crippen LogP contribution < -0.4 is 9.46 Å². The second-order valence-corrected chi connectivity index (χ2v) is 10.1. The van der Waals surface area contributed by atoms with E-state index in [1.165, 1.54) is 0 Å². The van der Waals surface area contributed by atoms with Crippen LogP contribution in [0.15, 0.2) is 48.4 Å². The molecule has 3 rings (SSSR count). The SMILES string of the molecule is C=CS(=O)(=O)NC1CCN(C(=O)CCc2cc(-c3cccc(C)c3)c(Cl)cc2OC)CC1. The van der Waals surface area contributed by atoms with E-state index in [1.807, 2.05) is 31.2 Å². The molecule has 0 unspecified atom stereocenters. The van der Waals surface area contributed by atoms with Crippen LogP contribution in [0.1, 0.15) is 30.4 Å². The van der Waals surface area contributed by atoms with Gasteiger partial charge in [0.05, 0.1) is 12.1 Å². The zero-order valence-electron chi connectivity index (χ0n) is 18.4. The van der Waals surface area contributed by atoms with Gasteiger partial charge in [0.25, 0.3) is 0 Å². The van der Waals surface area contributed by atoms with Crippen LogP contribution in [-0.4, -0.2) is 45.5 Å². The van der Waals surface area contributed by atoms with Crippen molar-refractivity contribution in [3.05, 3.63) is 64.5 Å². The molecule has 1 fully saturated rings. The highest BCUT2D eigenvalue weighted by Gasteiger charge is 2.25. The molecule has 1 N–H and O–H groups in total. The third-order valence-corrected chi connectivity index (χ3v) is 7.12. The first-order valence-corrected chi connectivity index (χ1v) is 12.5. The molecular formula is C24H29ClN2O4S. The molecular weight excluding hydrogens is 448 g/mol. The van der Waals surface area contributed by atoms with E-state index in [0.717, 1.165) is 27.7 Å². The minimum absolute atomic E-state index is 0.0455. The van der Waals surface area contributed by atoms with Crippen LogP contribution in [0.3, 0.4) is 0 Å². The van der Waals surface area contributed by atoms with Gasteiger partial charge >= 0.3 is 0 Å². The molecule has 1 amide bonds. The number of likely N-dealkylation sites (tertiary alicyclic amines) is 1. The van der Waals surface area contributed by atoms with E-state index in [0.29, 0.717) is 49.5 Å². The first kappa shape index (κ1) is 24.3. The Morgan fingerprint density at radius 3 is 2.62 bits per heavy atom. The standard InChI is InChI=1S/C24H29ClN2O4S/c1-4-32(29,30)26-20-10-12-27(13-11-20)24(28)9-8-19-15-21(22(25)16-23(19)31-3)18-7-5-6-17(2)14-18/h4-7,14-16,20,26H,1,8-13H2,2-3H3. The lowest BCUT2D eigenvalue weighted by molar-refractivity contribution is -0.132. The number of hydrogen-bond donors (Lipinski definition) is 1. The second kappa shape index (κ2) is 10.5. The topological polar surface area (TPSA) is 75.7 Å². The number of sulfonamides is 1. The number of halogens is 1. The third kappa shape index (κ3) is 6.12. The summed E-state index contributed by atoms with van der Waals surface area (Å²) in [6, 6.07) is 11.7. The van der Waals surface area contributed by atoms with Gasteiger partial charge in [-0.25, -0.2) is 13.1 Å². The Kier molecular flexibility index (Phi) is 7.98. The van der Waals surface area contributed by atoms with Gasteiger partial charge in [-0.05, 0) is 49.4 Å². The van der Waals surface area contributed by atoms with E-state index in [4.69, 9.17) is 16.3 Å². The van der Waals surface area contributed by atoms with E-state index in [1.54, 1.807) is 18.1 Å². The quantitative estimate of drug-likeness (QED) is 0.616. The molecule has 1 saturated heterocycles. The minimum Gasteiger partial charge on any atom is -0.496 e. The highest BCUT2D eigenvalue weighted by atomic mass is 35.5. The average Bonchev–Trinajstić information content (AvgIpc) is 2.78. The lowest BCUT2D eigenvalue weighted by Crippen LogP contribution is -2.46. The molecule has 0 saturated carbocycles.